The number of nitrogens with one attached hydrogen (secondary N) is 1. The molecule has 0 radical (unpaired) electrons. The molecule has 9 heteroatoms. The normalized spacial score (nSPS) is 12.0. The molecule has 3 rings (SSSR count). The summed E-state index contributed by atoms with van der Waals surface area (Å²) in [7, 11) is 0. The number of benzene rings is 2. The second-order valence-electron chi connectivity index (χ2n) is 5.34. The molecular weight excluding hydrogens is 365 g/mol. The highest BCUT2D eigenvalue weighted by Crippen LogP contribution is 2.24. The molecule has 0 fully saturated rings. The topological polar surface area (TPSA) is 108 Å². The van der Waals surface area contributed by atoms with Gasteiger partial charge in [0.25, 0.3) is 11.8 Å². The summed E-state index contributed by atoms with van der Waals surface area (Å²) in [4.78, 5) is 16.3. The predicted molar refractivity (Wildman–Crippen MR) is 90.1 cm³/mol. The van der Waals surface area contributed by atoms with E-state index in [1.807, 2.05) is 0 Å². The summed E-state index contributed by atoms with van der Waals surface area (Å²) >= 11 is 5.78. The van der Waals surface area contributed by atoms with E-state index in [1.165, 1.54) is 18.2 Å². The Bertz CT molecular complexity index is 930. The molecule has 0 aliphatic rings. The van der Waals surface area contributed by atoms with Crippen molar-refractivity contribution in [2.24, 2.45) is 0 Å². The fraction of sp³-hybridized carbons (Fsp3) is 0.118. The first-order valence-corrected chi connectivity index (χ1v) is 7.85. The monoisotopic (exact) mass is 377 g/mol. The first-order chi connectivity index (χ1) is 12.5. The van der Waals surface area contributed by atoms with E-state index < -0.39 is 30.1 Å². The third-order valence-electron chi connectivity index (χ3n) is 3.54. The van der Waals surface area contributed by atoms with Crippen molar-refractivity contribution in [2.45, 2.75) is 6.04 Å². The van der Waals surface area contributed by atoms with E-state index in [4.69, 9.17) is 16.1 Å². The minimum absolute atomic E-state index is 0.0432. The molecule has 7 nitrogen and oxygen atoms in total. The van der Waals surface area contributed by atoms with E-state index in [1.54, 1.807) is 12.1 Å². The summed E-state index contributed by atoms with van der Waals surface area (Å²) in [5.41, 5.74) is 0.615. The van der Waals surface area contributed by atoms with Crippen LogP contribution in [0.1, 0.15) is 22.3 Å². The Morgan fingerprint density at radius 2 is 2.00 bits per heavy atom. The van der Waals surface area contributed by atoms with Crippen molar-refractivity contribution in [3.8, 4) is 17.1 Å². The molecule has 3 N–H and O–H groups in total. The summed E-state index contributed by atoms with van der Waals surface area (Å²) in [6, 6.07) is 8.86. The van der Waals surface area contributed by atoms with Crippen LogP contribution in [0.3, 0.4) is 0 Å². The van der Waals surface area contributed by atoms with Gasteiger partial charge in [-0.1, -0.05) is 16.8 Å². The lowest BCUT2D eigenvalue weighted by Crippen LogP contribution is -2.31. The minimum atomic E-state index is -0.943. The van der Waals surface area contributed by atoms with Crippen molar-refractivity contribution in [3.05, 3.63) is 64.8 Å². The van der Waals surface area contributed by atoms with E-state index in [9.17, 15) is 19.4 Å². The number of phenolic OH excluding ortho intramolecular Hbond substituents is 1. The van der Waals surface area contributed by atoms with Gasteiger partial charge in [0.15, 0.2) is 11.6 Å². The Balaban J connectivity index is 1.78. The number of aromatic nitrogens is 2. The molecule has 0 aliphatic carbocycles. The fourth-order valence-corrected chi connectivity index (χ4v) is 2.29. The number of hydrogen-bond donors (Lipinski definition) is 3. The second-order valence-corrected chi connectivity index (χ2v) is 5.77. The number of nitrogens with zero attached hydrogens (tertiary/aromatic N) is 2. The number of halogens is 2. The molecule has 3 aromatic rings. The highest BCUT2D eigenvalue weighted by molar-refractivity contribution is 6.30. The number of rotatable bonds is 5. The summed E-state index contributed by atoms with van der Waals surface area (Å²) < 4.78 is 18.5. The van der Waals surface area contributed by atoms with Crippen LogP contribution < -0.4 is 5.32 Å². The molecule has 1 atom stereocenters. The fourth-order valence-electron chi connectivity index (χ4n) is 2.17. The first-order valence-electron chi connectivity index (χ1n) is 7.47. The van der Waals surface area contributed by atoms with Crippen LogP contribution in [-0.2, 0) is 0 Å². The molecule has 0 aliphatic heterocycles. The zero-order valence-electron chi connectivity index (χ0n) is 13.2. The van der Waals surface area contributed by atoms with Crippen molar-refractivity contribution < 1.29 is 23.9 Å². The molecule has 0 spiro atoms. The second kappa shape index (κ2) is 7.51. The number of phenols is 1. The highest BCUT2D eigenvalue weighted by atomic mass is 35.5. The van der Waals surface area contributed by atoms with Gasteiger partial charge >= 0.3 is 0 Å². The average molecular weight is 378 g/mol. The predicted octanol–water partition coefficient (Wildman–Crippen LogP) is 2.70. The van der Waals surface area contributed by atoms with Crippen LogP contribution in [0, 0.1) is 5.82 Å². The summed E-state index contributed by atoms with van der Waals surface area (Å²) in [5, 5.41) is 25.5. The van der Waals surface area contributed by atoms with Crippen molar-refractivity contribution in [2.75, 3.05) is 6.61 Å². The molecule has 1 aromatic heterocycles. The van der Waals surface area contributed by atoms with E-state index in [-0.39, 0.29) is 17.3 Å². The number of aliphatic hydroxyl groups is 1. The van der Waals surface area contributed by atoms with Crippen molar-refractivity contribution in [3.63, 3.8) is 0 Å². The first kappa shape index (κ1) is 17.8. The third kappa shape index (κ3) is 3.81. The maximum atomic E-state index is 13.4. The van der Waals surface area contributed by atoms with Gasteiger partial charge in [0, 0.05) is 16.1 Å². The van der Waals surface area contributed by atoms with E-state index in [2.05, 4.69) is 15.5 Å². The number of aliphatic hydroxyl groups excluding tert-OH is 1. The van der Waals surface area contributed by atoms with Gasteiger partial charge in [-0.05, 0) is 42.5 Å². The quantitative estimate of drug-likeness (QED) is 0.631. The number of hydrogen-bond acceptors (Lipinski definition) is 6. The highest BCUT2D eigenvalue weighted by Gasteiger charge is 2.22. The molecule has 0 bridgehead atoms. The van der Waals surface area contributed by atoms with E-state index >= 15 is 0 Å². The number of carbonyl (C=O) groups is 1. The lowest BCUT2D eigenvalue weighted by Gasteiger charge is -2.12. The summed E-state index contributed by atoms with van der Waals surface area (Å²) in [6.07, 6.45) is 0. The van der Waals surface area contributed by atoms with Crippen molar-refractivity contribution in [1.29, 1.82) is 0 Å². The van der Waals surface area contributed by atoms with Crippen molar-refractivity contribution in [1.82, 2.24) is 15.5 Å². The van der Waals surface area contributed by atoms with Gasteiger partial charge in [-0.25, -0.2) is 4.39 Å². The molecule has 0 unspecified atom stereocenters. The Labute approximate surface area is 152 Å². The summed E-state index contributed by atoms with van der Waals surface area (Å²) in [6.45, 7) is -0.481. The Kier molecular flexibility index (Phi) is 5.15. The Hall–Kier alpha value is -2.97. The van der Waals surface area contributed by atoms with Crippen LogP contribution in [0.15, 0.2) is 47.0 Å². The molecular formula is C17H13ClFN3O4. The summed E-state index contributed by atoms with van der Waals surface area (Å²) in [5.74, 6) is -1.78. The van der Waals surface area contributed by atoms with Gasteiger partial charge in [0.2, 0.25) is 5.82 Å². The lowest BCUT2D eigenvalue weighted by molar-refractivity contribution is 0.0901. The molecule has 1 amide bonds. The van der Waals surface area contributed by atoms with Gasteiger partial charge in [0.05, 0.1) is 6.61 Å². The molecule has 1 heterocycles. The number of carbonyl (C=O) groups excluding carboxylic acids is 1. The maximum Gasteiger partial charge on any atom is 0.251 e. The largest absolute Gasteiger partial charge is 0.505 e. The number of aromatic hydroxyl groups is 1. The van der Waals surface area contributed by atoms with Gasteiger partial charge in [0.1, 0.15) is 6.04 Å². The van der Waals surface area contributed by atoms with Gasteiger partial charge < -0.3 is 20.1 Å². The zero-order chi connectivity index (χ0) is 18.7. The molecule has 0 saturated heterocycles. The van der Waals surface area contributed by atoms with Crippen LogP contribution in [0.5, 0.6) is 5.75 Å². The van der Waals surface area contributed by atoms with Crippen LogP contribution in [0.2, 0.25) is 5.02 Å². The Morgan fingerprint density at radius 3 is 2.65 bits per heavy atom. The minimum Gasteiger partial charge on any atom is -0.505 e. The lowest BCUT2D eigenvalue weighted by atomic mass is 10.2. The molecule has 26 heavy (non-hydrogen) atoms. The smallest absolute Gasteiger partial charge is 0.251 e. The van der Waals surface area contributed by atoms with E-state index in [0.29, 0.717) is 10.6 Å². The molecule has 2 aromatic carbocycles. The maximum absolute atomic E-state index is 13.4. The Morgan fingerprint density at radius 1 is 1.27 bits per heavy atom. The van der Waals surface area contributed by atoms with Crippen LogP contribution in [0.25, 0.3) is 11.4 Å². The van der Waals surface area contributed by atoms with Crippen molar-refractivity contribution >= 4 is 17.5 Å². The number of amides is 1. The zero-order valence-corrected chi connectivity index (χ0v) is 13.9. The van der Waals surface area contributed by atoms with Gasteiger partial charge in [-0.3, -0.25) is 4.79 Å². The molecule has 134 valence electrons. The SMILES string of the molecule is O=C(N[C@@H](CO)c1nc(-c2ccc(O)c(F)c2)no1)c1ccc(Cl)cc1. The standard InChI is InChI=1S/C17H13ClFN3O4/c18-11-4-1-9(2-5-11)16(25)20-13(8-23)17-21-15(22-26-17)10-3-6-14(24)12(19)7-10/h1-7,13,23-24H,8H2,(H,20,25)/t13-/m0/s1. The van der Waals surface area contributed by atoms with E-state index in [0.717, 1.165) is 12.1 Å². The average Bonchev–Trinajstić information content (AvgIpc) is 3.12. The van der Waals surface area contributed by atoms with Gasteiger partial charge in [-0.2, -0.15) is 4.98 Å². The van der Waals surface area contributed by atoms with Crippen LogP contribution in [0.4, 0.5) is 4.39 Å². The van der Waals surface area contributed by atoms with Gasteiger partial charge in [-0.15, -0.1) is 0 Å². The van der Waals surface area contributed by atoms with Crippen LogP contribution in [-0.4, -0.2) is 32.9 Å². The molecule has 0 saturated carbocycles. The van der Waals surface area contributed by atoms with Crippen LogP contribution >= 0.6 is 11.6 Å². The third-order valence-corrected chi connectivity index (χ3v) is 3.79.